The van der Waals surface area contributed by atoms with E-state index in [0.29, 0.717) is 12.1 Å². The van der Waals surface area contributed by atoms with Crippen LogP contribution in [0.4, 0.5) is 0 Å². The summed E-state index contributed by atoms with van der Waals surface area (Å²) in [6, 6.07) is 17.1. The molecule has 2 aromatic rings. The van der Waals surface area contributed by atoms with Gasteiger partial charge >= 0.3 is 0 Å². The predicted octanol–water partition coefficient (Wildman–Crippen LogP) is 3.95. The van der Waals surface area contributed by atoms with Crippen molar-refractivity contribution in [3.05, 3.63) is 71.3 Å². The normalized spacial score (nSPS) is 13.2. The van der Waals surface area contributed by atoms with E-state index in [2.05, 4.69) is 20.8 Å². The van der Waals surface area contributed by atoms with Gasteiger partial charge in [-0.2, -0.15) is 0 Å². The molecule has 0 spiro atoms. The fourth-order valence-electron chi connectivity index (χ4n) is 2.86. The SMILES string of the molecule is C[C@H](C(=O)N(C)Cc1ccccc1)S(=O)(=O)Cc1ccc(C(C)(C)C)cc1. The van der Waals surface area contributed by atoms with Gasteiger partial charge in [0, 0.05) is 13.6 Å². The molecule has 0 aromatic heterocycles. The molecule has 4 nitrogen and oxygen atoms in total. The van der Waals surface area contributed by atoms with Crippen molar-refractivity contribution in [1.82, 2.24) is 4.90 Å². The summed E-state index contributed by atoms with van der Waals surface area (Å²) in [5.41, 5.74) is 2.83. The predicted molar refractivity (Wildman–Crippen MR) is 110 cm³/mol. The summed E-state index contributed by atoms with van der Waals surface area (Å²) < 4.78 is 25.5. The van der Waals surface area contributed by atoms with Gasteiger partial charge in [0.05, 0.1) is 5.75 Å². The van der Waals surface area contributed by atoms with E-state index in [-0.39, 0.29) is 17.1 Å². The second-order valence-electron chi connectivity index (χ2n) is 8.08. The van der Waals surface area contributed by atoms with Crippen LogP contribution in [0.1, 0.15) is 44.4 Å². The fraction of sp³-hybridized carbons (Fsp3) is 0.409. The Kier molecular flexibility index (Phi) is 6.47. The third kappa shape index (κ3) is 5.67. The minimum atomic E-state index is -3.59. The van der Waals surface area contributed by atoms with Crippen molar-refractivity contribution in [2.24, 2.45) is 0 Å². The van der Waals surface area contributed by atoms with Crippen molar-refractivity contribution in [3.63, 3.8) is 0 Å². The minimum Gasteiger partial charge on any atom is -0.340 e. The number of carbonyl (C=O) groups excluding carboxylic acids is 1. The molecule has 0 aliphatic carbocycles. The monoisotopic (exact) mass is 387 g/mol. The molecule has 2 aromatic carbocycles. The molecule has 0 bridgehead atoms. The maximum absolute atomic E-state index is 12.7. The third-order valence-electron chi connectivity index (χ3n) is 4.71. The summed E-state index contributed by atoms with van der Waals surface area (Å²) >= 11 is 0. The molecule has 0 aliphatic rings. The van der Waals surface area contributed by atoms with E-state index in [9.17, 15) is 13.2 Å². The zero-order chi connectivity index (χ0) is 20.2. The molecule has 0 N–H and O–H groups in total. The van der Waals surface area contributed by atoms with Gasteiger partial charge in [-0.1, -0.05) is 75.4 Å². The van der Waals surface area contributed by atoms with E-state index in [0.717, 1.165) is 11.1 Å². The van der Waals surface area contributed by atoms with E-state index in [1.54, 1.807) is 7.05 Å². The van der Waals surface area contributed by atoms with Gasteiger partial charge < -0.3 is 4.90 Å². The summed E-state index contributed by atoms with van der Waals surface area (Å²) in [5.74, 6) is -0.520. The Labute approximate surface area is 163 Å². The van der Waals surface area contributed by atoms with Crippen molar-refractivity contribution in [2.75, 3.05) is 7.05 Å². The molecule has 0 unspecified atom stereocenters. The average Bonchev–Trinajstić information content (AvgIpc) is 2.60. The van der Waals surface area contributed by atoms with Crippen LogP contribution in [-0.2, 0) is 32.3 Å². The van der Waals surface area contributed by atoms with Crippen molar-refractivity contribution in [3.8, 4) is 0 Å². The number of hydrogen-bond acceptors (Lipinski definition) is 3. The number of nitrogens with zero attached hydrogens (tertiary/aromatic N) is 1. The second-order valence-corrected chi connectivity index (χ2v) is 10.4. The highest BCUT2D eigenvalue weighted by Crippen LogP contribution is 2.23. The minimum absolute atomic E-state index is 0.0147. The highest BCUT2D eigenvalue weighted by Gasteiger charge is 2.30. The number of hydrogen-bond donors (Lipinski definition) is 0. The number of carbonyl (C=O) groups is 1. The summed E-state index contributed by atoms with van der Waals surface area (Å²) in [4.78, 5) is 14.1. The van der Waals surface area contributed by atoms with Gasteiger partial charge in [-0.3, -0.25) is 4.79 Å². The molecule has 0 heterocycles. The van der Waals surface area contributed by atoms with Gasteiger partial charge in [0.25, 0.3) is 0 Å². The van der Waals surface area contributed by atoms with Crippen LogP contribution in [0.3, 0.4) is 0 Å². The van der Waals surface area contributed by atoms with Gasteiger partial charge in [-0.05, 0) is 29.0 Å². The lowest BCUT2D eigenvalue weighted by molar-refractivity contribution is -0.129. The number of sulfone groups is 1. The Morgan fingerprint density at radius 3 is 2.04 bits per heavy atom. The van der Waals surface area contributed by atoms with Crippen molar-refractivity contribution >= 4 is 15.7 Å². The topological polar surface area (TPSA) is 54.5 Å². The summed E-state index contributed by atoms with van der Waals surface area (Å²) in [5, 5.41) is -1.08. The highest BCUT2D eigenvalue weighted by molar-refractivity contribution is 7.92. The van der Waals surface area contributed by atoms with Gasteiger partial charge in [-0.15, -0.1) is 0 Å². The molecular weight excluding hydrogens is 358 g/mol. The molecule has 0 aliphatic heterocycles. The first kappa shape index (κ1) is 21.2. The smallest absolute Gasteiger partial charge is 0.240 e. The summed E-state index contributed by atoms with van der Waals surface area (Å²) in [6.45, 7) is 8.20. The van der Waals surface area contributed by atoms with Crippen molar-refractivity contribution in [1.29, 1.82) is 0 Å². The van der Waals surface area contributed by atoms with E-state index in [1.165, 1.54) is 11.8 Å². The molecule has 0 saturated heterocycles. The first-order valence-electron chi connectivity index (χ1n) is 9.10. The van der Waals surface area contributed by atoms with Gasteiger partial charge in [0.1, 0.15) is 5.25 Å². The van der Waals surface area contributed by atoms with Gasteiger partial charge in [0.15, 0.2) is 9.84 Å². The Bertz CT molecular complexity index is 866. The molecule has 27 heavy (non-hydrogen) atoms. The van der Waals surface area contributed by atoms with E-state index in [4.69, 9.17) is 0 Å². The van der Waals surface area contributed by atoms with Crippen LogP contribution in [0.5, 0.6) is 0 Å². The van der Waals surface area contributed by atoms with Crippen LogP contribution in [0.2, 0.25) is 0 Å². The lowest BCUT2D eigenvalue weighted by Crippen LogP contribution is -2.39. The molecule has 1 amide bonds. The molecule has 146 valence electrons. The molecule has 1 atom stereocenters. The standard InChI is InChI=1S/C22H29NO3S/c1-17(21(24)23(5)15-18-9-7-6-8-10-18)27(25,26)16-19-11-13-20(14-12-19)22(2,3)4/h6-14,17H,15-16H2,1-5H3/t17-/m1/s1. The Hall–Kier alpha value is -2.14. The molecular formula is C22H29NO3S. The Morgan fingerprint density at radius 1 is 0.963 bits per heavy atom. The number of benzene rings is 2. The quantitative estimate of drug-likeness (QED) is 0.754. The van der Waals surface area contributed by atoms with Crippen molar-refractivity contribution in [2.45, 2.75) is 50.7 Å². The molecule has 0 saturated carbocycles. The van der Waals surface area contributed by atoms with Crippen LogP contribution in [-0.4, -0.2) is 31.5 Å². The molecule has 0 radical (unpaired) electrons. The zero-order valence-corrected chi connectivity index (χ0v) is 17.6. The van der Waals surface area contributed by atoms with Crippen LogP contribution >= 0.6 is 0 Å². The van der Waals surface area contributed by atoms with Crippen LogP contribution < -0.4 is 0 Å². The second kappa shape index (κ2) is 8.26. The molecule has 2 rings (SSSR count). The largest absolute Gasteiger partial charge is 0.340 e. The fourth-order valence-corrected chi connectivity index (χ4v) is 4.25. The lowest BCUT2D eigenvalue weighted by Gasteiger charge is -2.22. The van der Waals surface area contributed by atoms with Gasteiger partial charge in [-0.25, -0.2) is 8.42 Å². The maximum atomic E-state index is 12.7. The van der Waals surface area contributed by atoms with E-state index >= 15 is 0 Å². The average molecular weight is 388 g/mol. The molecule has 0 fully saturated rings. The third-order valence-corrected chi connectivity index (χ3v) is 6.73. The number of amides is 1. The molecule has 5 heteroatoms. The first-order chi connectivity index (χ1) is 12.5. The highest BCUT2D eigenvalue weighted by atomic mass is 32.2. The van der Waals surface area contributed by atoms with Crippen LogP contribution in [0, 0.1) is 0 Å². The summed E-state index contributed by atoms with van der Waals surface area (Å²) in [6.07, 6.45) is 0. The van der Waals surface area contributed by atoms with Crippen molar-refractivity contribution < 1.29 is 13.2 Å². The zero-order valence-electron chi connectivity index (χ0n) is 16.8. The maximum Gasteiger partial charge on any atom is 0.240 e. The lowest BCUT2D eigenvalue weighted by atomic mass is 9.87. The Morgan fingerprint density at radius 2 is 1.52 bits per heavy atom. The Balaban J connectivity index is 2.07. The van der Waals surface area contributed by atoms with Gasteiger partial charge in [0.2, 0.25) is 5.91 Å². The van der Waals surface area contributed by atoms with E-state index < -0.39 is 15.1 Å². The van der Waals surface area contributed by atoms with E-state index in [1.807, 2.05) is 54.6 Å². The van der Waals surface area contributed by atoms with Crippen LogP contribution in [0.25, 0.3) is 0 Å². The summed E-state index contributed by atoms with van der Waals surface area (Å²) in [7, 11) is -1.95. The number of rotatable bonds is 6. The van der Waals surface area contributed by atoms with Crippen LogP contribution in [0.15, 0.2) is 54.6 Å². The first-order valence-corrected chi connectivity index (χ1v) is 10.8.